The van der Waals surface area contributed by atoms with E-state index in [1.807, 2.05) is 12.1 Å². The second kappa shape index (κ2) is 7.89. The molecule has 0 amide bonds. The molecule has 0 fully saturated rings. The van der Waals surface area contributed by atoms with Gasteiger partial charge in [-0.2, -0.15) is 0 Å². The molecule has 0 aliphatic heterocycles. The lowest BCUT2D eigenvalue weighted by Crippen LogP contribution is -2.21. The quantitative estimate of drug-likeness (QED) is 0.794. The van der Waals surface area contributed by atoms with E-state index >= 15 is 0 Å². The van der Waals surface area contributed by atoms with Crippen LogP contribution in [0.1, 0.15) is 43.9 Å². The van der Waals surface area contributed by atoms with Gasteiger partial charge in [-0.1, -0.05) is 26.0 Å². The monoisotopic (exact) mass is 286 g/mol. The Balaban J connectivity index is 2.04. The molecule has 0 aliphatic carbocycles. The van der Waals surface area contributed by atoms with E-state index in [0.29, 0.717) is 6.04 Å². The third-order valence-corrected chi connectivity index (χ3v) is 3.72. The molecule has 0 bridgehead atoms. The molecule has 3 nitrogen and oxygen atoms in total. The molecule has 114 valence electrons. The van der Waals surface area contributed by atoms with Gasteiger partial charge >= 0.3 is 0 Å². The fraction of sp³-hybridized carbons (Fsp3) is 0.444. The van der Waals surface area contributed by atoms with Crippen molar-refractivity contribution >= 4 is 0 Å². The Morgan fingerprint density at radius 3 is 2.81 bits per heavy atom. The smallest absolute Gasteiger partial charge is 0.119 e. The number of nitrogens with one attached hydrogen (secondary N) is 1. The van der Waals surface area contributed by atoms with Crippen LogP contribution in [0, 0.1) is 0 Å². The fourth-order valence-corrected chi connectivity index (χ4v) is 2.56. The van der Waals surface area contributed by atoms with Gasteiger partial charge in [0.05, 0.1) is 7.11 Å². The molecule has 1 N–H and O–H groups in total. The summed E-state index contributed by atoms with van der Waals surface area (Å²) < 4.78 is 7.51. The fourth-order valence-electron chi connectivity index (χ4n) is 2.56. The van der Waals surface area contributed by atoms with E-state index in [4.69, 9.17) is 4.74 Å². The van der Waals surface area contributed by atoms with Crippen LogP contribution in [0.2, 0.25) is 0 Å². The average molecular weight is 286 g/mol. The molecule has 2 rings (SSSR count). The van der Waals surface area contributed by atoms with Crippen LogP contribution in [-0.2, 0) is 6.54 Å². The maximum Gasteiger partial charge on any atom is 0.119 e. The number of aromatic nitrogens is 1. The minimum absolute atomic E-state index is 0.455. The lowest BCUT2D eigenvalue weighted by atomic mass is 10.1. The molecular weight excluding hydrogens is 260 g/mol. The van der Waals surface area contributed by atoms with Gasteiger partial charge in [0.25, 0.3) is 0 Å². The van der Waals surface area contributed by atoms with Crippen LogP contribution < -0.4 is 10.1 Å². The van der Waals surface area contributed by atoms with Crippen molar-refractivity contribution in [1.82, 2.24) is 9.88 Å². The Morgan fingerprint density at radius 2 is 2.10 bits per heavy atom. The van der Waals surface area contributed by atoms with Gasteiger partial charge in [0.15, 0.2) is 0 Å². The number of ether oxygens (including phenoxy) is 1. The maximum atomic E-state index is 5.28. The summed E-state index contributed by atoms with van der Waals surface area (Å²) in [7, 11) is 1.71. The van der Waals surface area contributed by atoms with Crippen LogP contribution in [0.4, 0.5) is 0 Å². The minimum Gasteiger partial charge on any atom is -0.497 e. The van der Waals surface area contributed by atoms with Crippen molar-refractivity contribution in [3.8, 4) is 5.75 Å². The summed E-state index contributed by atoms with van der Waals surface area (Å²) in [6.45, 7) is 6.38. The summed E-state index contributed by atoms with van der Waals surface area (Å²) >= 11 is 0. The summed E-state index contributed by atoms with van der Waals surface area (Å²) in [5, 5.41) is 3.60. The van der Waals surface area contributed by atoms with E-state index in [-0.39, 0.29) is 0 Å². The number of hydrogen-bond acceptors (Lipinski definition) is 2. The second-order valence-corrected chi connectivity index (χ2v) is 5.38. The van der Waals surface area contributed by atoms with Gasteiger partial charge < -0.3 is 14.6 Å². The van der Waals surface area contributed by atoms with Gasteiger partial charge in [-0.15, -0.1) is 0 Å². The average Bonchev–Trinajstić information content (AvgIpc) is 2.96. The molecule has 1 unspecified atom stereocenters. The van der Waals surface area contributed by atoms with Crippen LogP contribution in [0.25, 0.3) is 0 Å². The van der Waals surface area contributed by atoms with Gasteiger partial charge in [-0.25, -0.2) is 0 Å². The molecule has 0 aliphatic rings. The first-order chi connectivity index (χ1) is 10.3. The first-order valence-corrected chi connectivity index (χ1v) is 7.78. The molecule has 0 saturated carbocycles. The van der Waals surface area contributed by atoms with Crippen LogP contribution in [-0.4, -0.2) is 18.2 Å². The van der Waals surface area contributed by atoms with E-state index in [2.05, 4.69) is 54.3 Å². The van der Waals surface area contributed by atoms with E-state index in [9.17, 15) is 0 Å². The first-order valence-electron chi connectivity index (χ1n) is 7.78. The molecule has 0 saturated heterocycles. The highest BCUT2D eigenvalue weighted by molar-refractivity contribution is 5.29. The van der Waals surface area contributed by atoms with Crippen molar-refractivity contribution in [1.29, 1.82) is 0 Å². The highest BCUT2D eigenvalue weighted by Gasteiger charge is 2.09. The molecule has 21 heavy (non-hydrogen) atoms. The lowest BCUT2D eigenvalue weighted by molar-refractivity contribution is 0.414. The van der Waals surface area contributed by atoms with E-state index in [1.165, 1.54) is 17.5 Å². The van der Waals surface area contributed by atoms with E-state index in [0.717, 1.165) is 25.3 Å². The standard InChI is InChI=1S/C18H26N2O/c1-4-10-19-18(5-2)16-9-11-20(14-16)13-15-7-6-8-17(12-15)21-3/h6-9,11-12,14,18-19H,4-5,10,13H2,1-3H3. The molecule has 1 heterocycles. The van der Waals surface area contributed by atoms with Crippen LogP contribution in [0.5, 0.6) is 5.75 Å². The molecule has 3 heteroatoms. The largest absolute Gasteiger partial charge is 0.497 e. The molecule has 1 atom stereocenters. The second-order valence-electron chi connectivity index (χ2n) is 5.38. The van der Waals surface area contributed by atoms with Crippen LogP contribution in [0.3, 0.4) is 0 Å². The van der Waals surface area contributed by atoms with Gasteiger partial charge in [-0.3, -0.25) is 0 Å². The first kappa shape index (κ1) is 15.6. The van der Waals surface area contributed by atoms with Gasteiger partial charge in [-0.05, 0) is 48.7 Å². The Kier molecular flexibility index (Phi) is 5.88. The number of hydrogen-bond donors (Lipinski definition) is 1. The van der Waals surface area contributed by atoms with Crippen molar-refractivity contribution in [2.45, 2.75) is 39.3 Å². The van der Waals surface area contributed by atoms with E-state index in [1.54, 1.807) is 7.11 Å². The SMILES string of the molecule is CCCNC(CC)c1ccn(Cc2cccc(OC)c2)c1. The van der Waals surface area contributed by atoms with Crippen molar-refractivity contribution in [2.24, 2.45) is 0 Å². The summed E-state index contributed by atoms with van der Waals surface area (Å²) in [5.41, 5.74) is 2.62. The number of rotatable bonds is 8. The van der Waals surface area contributed by atoms with Crippen LogP contribution in [0.15, 0.2) is 42.7 Å². The molecule has 1 aromatic carbocycles. The molecule has 0 radical (unpaired) electrons. The topological polar surface area (TPSA) is 26.2 Å². The number of methoxy groups -OCH3 is 1. The lowest BCUT2D eigenvalue weighted by Gasteiger charge is -2.15. The summed E-state index contributed by atoms with van der Waals surface area (Å²) in [5.74, 6) is 0.913. The maximum absolute atomic E-state index is 5.28. The zero-order valence-corrected chi connectivity index (χ0v) is 13.3. The van der Waals surface area contributed by atoms with Gasteiger partial charge in [0, 0.05) is 25.0 Å². The summed E-state index contributed by atoms with van der Waals surface area (Å²) in [6, 6.07) is 10.9. The van der Waals surface area contributed by atoms with Crippen molar-refractivity contribution in [3.63, 3.8) is 0 Å². The van der Waals surface area contributed by atoms with Gasteiger partial charge in [0.2, 0.25) is 0 Å². The molecule has 0 spiro atoms. The highest BCUT2D eigenvalue weighted by Crippen LogP contribution is 2.19. The number of nitrogens with zero attached hydrogens (tertiary/aromatic N) is 1. The Hall–Kier alpha value is -1.74. The predicted octanol–water partition coefficient (Wildman–Crippen LogP) is 4.00. The van der Waals surface area contributed by atoms with Crippen molar-refractivity contribution < 1.29 is 4.74 Å². The van der Waals surface area contributed by atoms with Crippen molar-refractivity contribution in [2.75, 3.05) is 13.7 Å². The van der Waals surface area contributed by atoms with Gasteiger partial charge in [0.1, 0.15) is 5.75 Å². The molecular formula is C18H26N2O. The molecule has 2 aromatic rings. The third-order valence-electron chi connectivity index (χ3n) is 3.72. The van der Waals surface area contributed by atoms with E-state index < -0.39 is 0 Å². The summed E-state index contributed by atoms with van der Waals surface area (Å²) in [4.78, 5) is 0. The molecule has 1 aromatic heterocycles. The Bertz CT molecular complexity index is 548. The van der Waals surface area contributed by atoms with Crippen molar-refractivity contribution in [3.05, 3.63) is 53.9 Å². The predicted molar refractivity (Wildman–Crippen MR) is 87.9 cm³/mol. The number of benzene rings is 1. The summed E-state index contributed by atoms with van der Waals surface area (Å²) in [6.07, 6.45) is 6.69. The minimum atomic E-state index is 0.455. The zero-order valence-electron chi connectivity index (χ0n) is 13.3. The highest BCUT2D eigenvalue weighted by atomic mass is 16.5. The Labute approximate surface area is 127 Å². The van der Waals surface area contributed by atoms with Crippen LogP contribution >= 0.6 is 0 Å². The third kappa shape index (κ3) is 4.36. The Morgan fingerprint density at radius 1 is 1.24 bits per heavy atom. The zero-order chi connectivity index (χ0) is 15.1. The normalized spacial score (nSPS) is 12.3.